The predicted molar refractivity (Wildman–Crippen MR) is 73.1 cm³/mol. The molecule has 0 saturated carbocycles. The van der Waals surface area contributed by atoms with Crippen molar-refractivity contribution in [3.63, 3.8) is 0 Å². The maximum atomic E-state index is 8.73. The van der Waals surface area contributed by atoms with Gasteiger partial charge in [0.05, 0.1) is 0 Å². The average Bonchev–Trinajstić information content (AvgIpc) is 2.80. The van der Waals surface area contributed by atoms with Gasteiger partial charge in [0.15, 0.2) is 0 Å². The van der Waals surface area contributed by atoms with Gasteiger partial charge in [0, 0.05) is 23.7 Å². The largest absolute Gasteiger partial charge is 0.396 e. The number of para-hydroxylation sites is 1. The molecule has 0 amide bonds. The summed E-state index contributed by atoms with van der Waals surface area (Å²) in [4.78, 5) is 3.22. The van der Waals surface area contributed by atoms with E-state index in [1.54, 1.807) is 0 Å². The van der Waals surface area contributed by atoms with Crippen molar-refractivity contribution < 1.29 is 5.11 Å². The molecule has 1 aromatic carbocycles. The fourth-order valence-corrected chi connectivity index (χ4v) is 1.61. The summed E-state index contributed by atoms with van der Waals surface area (Å²) in [5, 5.41) is 10.0. The highest BCUT2D eigenvalue weighted by Crippen LogP contribution is 2.18. The Labute approximate surface area is 103 Å². The van der Waals surface area contributed by atoms with Crippen LogP contribution in [0.4, 0.5) is 0 Å². The van der Waals surface area contributed by atoms with E-state index in [9.17, 15) is 0 Å². The molecule has 2 aromatic rings. The van der Waals surface area contributed by atoms with Crippen LogP contribution in [-0.4, -0.2) is 23.2 Å². The summed E-state index contributed by atoms with van der Waals surface area (Å²) >= 11 is 0. The molecule has 3 nitrogen and oxygen atoms in total. The van der Waals surface area contributed by atoms with E-state index >= 15 is 0 Å². The molecule has 0 aliphatic heterocycles. The number of aliphatic hydroxyl groups is 1. The molecule has 0 spiro atoms. The van der Waals surface area contributed by atoms with Gasteiger partial charge in [-0.25, -0.2) is 0 Å². The smallest absolute Gasteiger partial charge is 0.0456 e. The first-order valence-electron chi connectivity index (χ1n) is 6.19. The number of aliphatic hydroxyl groups excluding tert-OH is 1. The molecule has 0 aliphatic rings. The molecule has 0 saturated heterocycles. The first-order chi connectivity index (χ1) is 8.33. The topological polar surface area (TPSA) is 62.0 Å². The minimum Gasteiger partial charge on any atom is -0.396 e. The lowest BCUT2D eigenvalue weighted by molar-refractivity contribution is 0.289. The molecule has 2 rings (SSSR count). The number of nitrogens with one attached hydrogen (secondary N) is 1. The van der Waals surface area contributed by atoms with Crippen LogP contribution in [0.25, 0.3) is 10.9 Å². The molecule has 4 N–H and O–H groups in total. The van der Waals surface area contributed by atoms with Crippen LogP contribution in [0.3, 0.4) is 0 Å². The van der Waals surface area contributed by atoms with Crippen LogP contribution in [0.15, 0.2) is 30.5 Å². The van der Waals surface area contributed by atoms with Crippen molar-refractivity contribution in [1.82, 2.24) is 4.98 Å². The molecule has 0 atom stereocenters. The summed E-state index contributed by atoms with van der Waals surface area (Å²) < 4.78 is 0. The Balaban J connectivity index is 0.000000317. The summed E-state index contributed by atoms with van der Waals surface area (Å²) in [7, 11) is 0. The van der Waals surface area contributed by atoms with Crippen molar-refractivity contribution in [2.45, 2.75) is 26.2 Å². The first-order valence-corrected chi connectivity index (χ1v) is 6.19. The predicted octanol–water partition coefficient (Wildman–Crippen LogP) is 2.45. The molecule has 0 radical (unpaired) electrons. The summed E-state index contributed by atoms with van der Waals surface area (Å²) in [5.41, 5.74) is 7.50. The Bertz CT molecular complexity index is 421. The molecule has 0 fully saturated rings. The zero-order chi connectivity index (χ0) is 12.5. The van der Waals surface area contributed by atoms with Gasteiger partial charge in [-0.2, -0.15) is 0 Å². The molecule has 94 valence electrons. The van der Waals surface area contributed by atoms with E-state index in [2.05, 4.69) is 24.0 Å². The third-order valence-electron chi connectivity index (χ3n) is 2.57. The van der Waals surface area contributed by atoms with Crippen LogP contribution in [0.5, 0.6) is 0 Å². The van der Waals surface area contributed by atoms with Crippen LogP contribution < -0.4 is 5.73 Å². The second kappa shape index (κ2) is 7.87. The van der Waals surface area contributed by atoms with Gasteiger partial charge in [0.2, 0.25) is 0 Å². The molecule has 0 unspecified atom stereocenters. The Morgan fingerprint density at radius 1 is 1.29 bits per heavy atom. The highest BCUT2D eigenvalue weighted by Gasteiger charge is 2.00. The molecule has 0 bridgehead atoms. The Kier molecular flexibility index (Phi) is 6.37. The van der Waals surface area contributed by atoms with Crippen LogP contribution in [0, 0.1) is 0 Å². The van der Waals surface area contributed by atoms with E-state index in [4.69, 9.17) is 10.8 Å². The molecule has 0 aliphatic carbocycles. The summed E-state index contributed by atoms with van der Waals surface area (Å²) in [6.07, 6.45) is 4.91. The quantitative estimate of drug-likeness (QED) is 0.761. The van der Waals surface area contributed by atoms with Gasteiger partial charge < -0.3 is 15.8 Å². The third kappa shape index (κ3) is 4.21. The number of aryl methyl sites for hydroxylation is 1. The standard InChI is InChI=1S/C11H13NO.C3H9N/c13-7-3-4-9-8-12-11-6-2-1-5-10(9)11;1-2-3-4/h1-2,5-6,8,12-13H,3-4,7H2;2-4H2,1H3. The third-order valence-corrected chi connectivity index (χ3v) is 2.57. The van der Waals surface area contributed by atoms with Crippen molar-refractivity contribution in [3.05, 3.63) is 36.0 Å². The van der Waals surface area contributed by atoms with Gasteiger partial charge in [-0.15, -0.1) is 0 Å². The maximum absolute atomic E-state index is 8.73. The monoisotopic (exact) mass is 234 g/mol. The number of aromatic nitrogens is 1. The zero-order valence-electron chi connectivity index (χ0n) is 10.4. The van der Waals surface area contributed by atoms with Crippen molar-refractivity contribution in [2.75, 3.05) is 13.2 Å². The average molecular weight is 234 g/mol. The van der Waals surface area contributed by atoms with Crippen molar-refractivity contribution in [1.29, 1.82) is 0 Å². The lowest BCUT2D eigenvalue weighted by atomic mass is 10.1. The van der Waals surface area contributed by atoms with Gasteiger partial charge in [-0.3, -0.25) is 0 Å². The number of nitrogens with two attached hydrogens (primary N) is 1. The van der Waals surface area contributed by atoms with Gasteiger partial charge in [0.1, 0.15) is 0 Å². The summed E-state index contributed by atoms with van der Waals surface area (Å²) in [5.74, 6) is 0. The lowest BCUT2D eigenvalue weighted by Crippen LogP contribution is -1.93. The zero-order valence-corrected chi connectivity index (χ0v) is 10.4. The van der Waals surface area contributed by atoms with Crippen molar-refractivity contribution in [2.24, 2.45) is 5.73 Å². The molecule has 3 heteroatoms. The Morgan fingerprint density at radius 3 is 2.65 bits per heavy atom. The number of rotatable bonds is 4. The fraction of sp³-hybridized carbons (Fsp3) is 0.429. The van der Waals surface area contributed by atoms with Crippen LogP contribution >= 0.6 is 0 Å². The minimum atomic E-state index is 0.263. The molecule has 1 aromatic heterocycles. The SMILES string of the molecule is CCCN.OCCCc1c[nH]c2ccccc12. The minimum absolute atomic E-state index is 0.263. The van der Waals surface area contributed by atoms with Gasteiger partial charge in [-0.05, 0) is 37.4 Å². The van der Waals surface area contributed by atoms with E-state index in [1.165, 1.54) is 16.5 Å². The first kappa shape index (κ1) is 13.7. The van der Waals surface area contributed by atoms with Crippen molar-refractivity contribution in [3.8, 4) is 0 Å². The van der Waals surface area contributed by atoms with Gasteiger partial charge in [-0.1, -0.05) is 25.1 Å². The highest BCUT2D eigenvalue weighted by atomic mass is 16.2. The Hall–Kier alpha value is -1.32. The summed E-state index contributed by atoms with van der Waals surface area (Å²) in [6.45, 7) is 3.14. The van der Waals surface area contributed by atoms with E-state index in [0.717, 1.165) is 25.8 Å². The molecule has 17 heavy (non-hydrogen) atoms. The van der Waals surface area contributed by atoms with Crippen LogP contribution in [0.2, 0.25) is 0 Å². The number of aromatic amines is 1. The molecule has 1 heterocycles. The van der Waals surface area contributed by atoms with E-state index in [-0.39, 0.29) is 6.61 Å². The van der Waals surface area contributed by atoms with Crippen LogP contribution in [-0.2, 0) is 6.42 Å². The second-order valence-electron chi connectivity index (χ2n) is 3.98. The number of H-pyrrole nitrogens is 1. The van der Waals surface area contributed by atoms with Gasteiger partial charge >= 0.3 is 0 Å². The fourth-order valence-electron chi connectivity index (χ4n) is 1.61. The van der Waals surface area contributed by atoms with Crippen LogP contribution in [0.1, 0.15) is 25.3 Å². The number of fused-ring (bicyclic) bond motifs is 1. The normalized spacial score (nSPS) is 10.1. The van der Waals surface area contributed by atoms with E-state index in [1.807, 2.05) is 18.3 Å². The number of hydrogen-bond donors (Lipinski definition) is 3. The Morgan fingerprint density at radius 2 is 2.00 bits per heavy atom. The second-order valence-corrected chi connectivity index (χ2v) is 3.98. The molecular formula is C14H22N2O. The lowest BCUT2D eigenvalue weighted by Gasteiger charge is -1.95. The molecular weight excluding hydrogens is 212 g/mol. The van der Waals surface area contributed by atoms with Crippen molar-refractivity contribution >= 4 is 10.9 Å². The highest BCUT2D eigenvalue weighted by molar-refractivity contribution is 5.82. The van der Waals surface area contributed by atoms with Gasteiger partial charge in [0.25, 0.3) is 0 Å². The number of hydrogen-bond acceptors (Lipinski definition) is 2. The van der Waals surface area contributed by atoms with E-state index < -0.39 is 0 Å². The number of benzene rings is 1. The summed E-state index contributed by atoms with van der Waals surface area (Å²) in [6, 6.07) is 8.24. The maximum Gasteiger partial charge on any atom is 0.0456 e. The van der Waals surface area contributed by atoms with E-state index in [0.29, 0.717) is 0 Å².